The minimum absolute atomic E-state index is 0.0740. The number of aliphatic imine (C=N–C) groups is 2. The number of fused-ring (bicyclic) bond motifs is 1. The van der Waals surface area contributed by atoms with Gasteiger partial charge in [-0.05, 0) is 23.8 Å². The van der Waals surface area contributed by atoms with Crippen LogP contribution in [0.4, 0.5) is 20.3 Å². The van der Waals surface area contributed by atoms with Crippen LogP contribution in [0.3, 0.4) is 0 Å². The summed E-state index contributed by atoms with van der Waals surface area (Å²) in [6, 6.07) is 9.38. The number of aromatic nitrogens is 1. The van der Waals surface area contributed by atoms with Crippen molar-refractivity contribution in [2.24, 2.45) is 9.98 Å². The van der Waals surface area contributed by atoms with E-state index in [1.165, 1.54) is 6.34 Å². The predicted octanol–water partition coefficient (Wildman–Crippen LogP) is 3.55. The van der Waals surface area contributed by atoms with Gasteiger partial charge in [-0.1, -0.05) is 12.1 Å². The van der Waals surface area contributed by atoms with Gasteiger partial charge in [-0.15, -0.1) is 0 Å². The largest absolute Gasteiger partial charge is 0.399 e. The Hall–Kier alpha value is -2.70. The number of hydrogen-bond donors (Lipinski definition) is 3. The molecule has 0 atom stereocenters. The Balaban J connectivity index is 1.88. The number of nitrogens with one attached hydrogen (secondary N) is 2. The van der Waals surface area contributed by atoms with Gasteiger partial charge in [-0.2, -0.15) is 0 Å². The topological polar surface area (TPSA) is 78.6 Å². The van der Waals surface area contributed by atoms with Crippen LogP contribution >= 0.6 is 0 Å². The number of H-pyrrole nitrogens is 1. The first-order valence-corrected chi connectivity index (χ1v) is 7.75. The lowest BCUT2D eigenvalue weighted by atomic mass is 10.1. The van der Waals surface area contributed by atoms with Crippen LogP contribution in [0.5, 0.6) is 0 Å². The summed E-state index contributed by atoms with van der Waals surface area (Å²) in [5, 5.41) is 3.00. The lowest BCUT2D eigenvalue weighted by Crippen LogP contribution is -2.19. The van der Waals surface area contributed by atoms with Crippen LogP contribution in [0.1, 0.15) is 18.4 Å². The molecule has 0 saturated heterocycles. The normalized spacial score (nSPS) is 17.4. The molecule has 1 aromatic heterocycles. The van der Waals surface area contributed by atoms with Crippen molar-refractivity contribution >= 4 is 24.1 Å². The van der Waals surface area contributed by atoms with E-state index in [2.05, 4.69) is 20.3 Å². The van der Waals surface area contributed by atoms with Crippen molar-refractivity contribution in [2.45, 2.75) is 18.8 Å². The number of alkyl halides is 2. The van der Waals surface area contributed by atoms with Crippen LogP contribution < -0.4 is 11.1 Å². The third-order valence-corrected chi connectivity index (χ3v) is 3.81. The van der Waals surface area contributed by atoms with E-state index in [4.69, 9.17) is 5.73 Å². The Kier molecular flexibility index (Phi) is 4.59. The maximum atomic E-state index is 13.6. The summed E-state index contributed by atoms with van der Waals surface area (Å²) in [6.45, 7) is 0.156. The average molecular weight is 331 g/mol. The smallest absolute Gasteiger partial charge is 0.251 e. The minimum atomic E-state index is -2.73. The van der Waals surface area contributed by atoms with Gasteiger partial charge >= 0.3 is 0 Å². The first-order chi connectivity index (χ1) is 11.5. The van der Waals surface area contributed by atoms with E-state index in [1.54, 1.807) is 6.21 Å². The standard InChI is InChI=1S/C17H19F2N5/c18-17(19)5-7-21-10-13-9-15(12-1-3-14(20)4-2-12)24-16(13)23-11-22-8-6-17/h1-4,9-11,24H,5-8,20H2,(H,22,23). The number of hydrogen-bond acceptors (Lipinski definition) is 4. The summed E-state index contributed by atoms with van der Waals surface area (Å²) >= 11 is 0. The summed E-state index contributed by atoms with van der Waals surface area (Å²) in [7, 11) is 0. The highest BCUT2D eigenvalue weighted by molar-refractivity contribution is 5.93. The Labute approximate surface area is 138 Å². The first kappa shape index (κ1) is 16.2. The second-order valence-corrected chi connectivity index (χ2v) is 5.71. The van der Waals surface area contributed by atoms with Crippen LogP contribution in [0, 0.1) is 0 Å². The molecular weight excluding hydrogens is 312 g/mol. The van der Waals surface area contributed by atoms with Crippen molar-refractivity contribution in [2.75, 3.05) is 24.1 Å². The Bertz CT molecular complexity index is 747. The molecule has 0 unspecified atom stereocenters. The Morgan fingerprint density at radius 1 is 1.04 bits per heavy atom. The molecule has 0 amide bonds. The number of rotatable bonds is 1. The molecule has 1 aliphatic rings. The van der Waals surface area contributed by atoms with Gasteiger partial charge in [0.15, 0.2) is 0 Å². The van der Waals surface area contributed by atoms with Crippen molar-refractivity contribution in [3.05, 3.63) is 35.9 Å². The van der Waals surface area contributed by atoms with E-state index in [0.717, 1.165) is 22.6 Å². The van der Waals surface area contributed by atoms with Gasteiger partial charge in [0.05, 0.1) is 6.34 Å². The molecular formula is C17H19F2N5. The van der Waals surface area contributed by atoms with E-state index in [0.29, 0.717) is 5.69 Å². The molecule has 126 valence electrons. The highest BCUT2D eigenvalue weighted by Crippen LogP contribution is 2.26. The van der Waals surface area contributed by atoms with Crippen LogP contribution in [-0.2, 0) is 0 Å². The fourth-order valence-corrected chi connectivity index (χ4v) is 2.43. The minimum Gasteiger partial charge on any atom is -0.399 e. The summed E-state index contributed by atoms with van der Waals surface area (Å²) in [5.41, 5.74) is 9.04. The molecule has 7 heteroatoms. The molecule has 0 saturated carbocycles. The van der Waals surface area contributed by atoms with E-state index >= 15 is 0 Å². The molecule has 2 aromatic rings. The third kappa shape index (κ3) is 3.98. The van der Waals surface area contributed by atoms with Gasteiger partial charge in [0.1, 0.15) is 5.82 Å². The number of anilines is 2. The maximum Gasteiger partial charge on any atom is 0.251 e. The van der Waals surface area contributed by atoms with Crippen molar-refractivity contribution in [3.8, 4) is 11.3 Å². The van der Waals surface area contributed by atoms with Gasteiger partial charge in [0, 0.05) is 49.1 Å². The molecule has 0 bridgehead atoms. The quantitative estimate of drug-likeness (QED) is 0.699. The molecule has 24 heavy (non-hydrogen) atoms. The zero-order chi connectivity index (χ0) is 17.0. The van der Waals surface area contributed by atoms with Gasteiger partial charge in [0.25, 0.3) is 5.92 Å². The highest BCUT2D eigenvalue weighted by atomic mass is 19.3. The lowest BCUT2D eigenvalue weighted by molar-refractivity contribution is -0.0107. The van der Waals surface area contributed by atoms with Crippen LogP contribution in [0.15, 0.2) is 40.3 Å². The second kappa shape index (κ2) is 6.82. The zero-order valence-corrected chi connectivity index (χ0v) is 13.1. The summed E-state index contributed by atoms with van der Waals surface area (Å²) in [5.74, 6) is -2.01. The predicted molar refractivity (Wildman–Crippen MR) is 94.3 cm³/mol. The van der Waals surface area contributed by atoms with Gasteiger partial charge < -0.3 is 16.0 Å². The van der Waals surface area contributed by atoms with E-state index < -0.39 is 5.92 Å². The monoisotopic (exact) mass is 331 g/mol. The van der Waals surface area contributed by atoms with E-state index in [1.807, 2.05) is 30.3 Å². The second-order valence-electron chi connectivity index (χ2n) is 5.71. The number of nitrogens with two attached hydrogens (primary N) is 1. The number of aromatic amines is 1. The van der Waals surface area contributed by atoms with Gasteiger partial charge in [0.2, 0.25) is 0 Å². The third-order valence-electron chi connectivity index (χ3n) is 3.81. The molecule has 0 fully saturated rings. The molecule has 5 nitrogen and oxygen atoms in total. The summed E-state index contributed by atoms with van der Waals surface area (Å²) < 4.78 is 27.1. The van der Waals surface area contributed by atoms with Crippen molar-refractivity contribution in [1.82, 2.24) is 4.98 Å². The Morgan fingerprint density at radius 3 is 2.50 bits per heavy atom. The molecule has 3 rings (SSSR count). The number of benzene rings is 1. The van der Waals surface area contributed by atoms with E-state index in [-0.39, 0.29) is 25.9 Å². The SMILES string of the molecule is Nc1ccc(-c2cc3c([nH]2)NC=NCCC(F)(F)CCN=C3)cc1. The number of halogens is 2. The van der Waals surface area contributed by atoms with Crippen LogP contribution in [0.25, 0.3) is 11.3 Å². The van der Waals surface area contributed by atoms with Crippen LogP contribution in [-0.4, -0.2) is 36.5 Å². The lowest BCUT2D eigenvalue weighted by Gasteiger charge is -2.13. The first-order valence-electron chi connectivity index (χ1n) is 7.75. The molecule has 0 radical (unpaired) electrons. The molecule has 1 aromatic carbocycles. The fourth-order valence-electron chi connectivity index (χ4n) is 2.43. The van der Waals surface area contributed by atoms with Crippen molar-refractivity contribution < 1.29 is 8.78 Å². The fraction of sp³-hybridized carbons (Fsp3) is 0.294. The number of nitrogen functional groups attached to an aromatic ring is 1. The maximum absolute atomic E-state index is 13.6. The van der Waals surface area contributed by atoms with Crippen LogP contribution in [0.2, 0.25) is 0 Å². The number of nitrogens with zero attached hydrogens (tertiary/aromatic N) is 2. The van der Waals surface area contributed by atoms with Gasteiger partial charge in [-0.25, -0.2) is 8.78 Å². The van der Waals surface area contributed by atoms with E-state index in [9.17, 15) is 8.78 Å². The Morgan fingerprint density at radius 2 is 1.75 bits per heavy atom. The van der Waals surface area contributed by atoms with Crippen molar-refractivity contribution in [1.29, 1.82) is 0 Å². The average Bonchev–Trinajstić information content (AvgIpc) is 2.94. The van der Waals surface area contributed by atoms with Gasteiger partial charge in [-0.3, -0.25) is 9.98 Å². The van der Waals surface area contributed by atoms with Crippen molar-refractivity contribution in [3.63, 3.8) is 0 Å². The molecule has 0 aliphatic carbocycles. The summed E-state index contributed by atoms with van der Waals surface area (Å²) in [6.07, 6.45) is 2.50. The highest BCUT2D eigenvalue weighted by Gasteiger charge is 2.27. The molecule has 2 heterocycles. The molecule has 4 N–H and O–H groups in total. The molecule has 0 spiro atoms. The zero-order valence-electron chi connectivity index (χ0n) is 13.1. The molecule has 1 aliphatic heterocycles. The summed E-state index contributed by atoms with van der Waals surface area (Å²) in [4.78, 5) is 11.4.